The fourth-order valence-electron chi connectivity index (χ4n) is 5.22. The second-order valence-corrected chi connectivity index (χ2v) is 11.6. The lowest BCUT2D eigenvalue weighted by atomic mass is 9.94. The van der Waals surface area contributed by atoms with Crippen LogP contribution in [0.15, 0.2) is 36.4 Å². The number of carbonyl (C=O) groups is 4. The Kier molecular flexibility index (Phi) is 24.1. The molecule has 11 heteroatoms. The number of ether oxygens (including phenoxy) is 4. The number of hydrogen-bond donors (Lipinski definition) is 3. The van der Waals surface area contributed by atoms with Crippen LogP contribution in [-0.2, 0) is 33.3 Å². The number of nitrogens with one attached hydrogen (secondary N) is 2. The maximum Gasteiger partial charge on any atom is 0.302 e. The first kappa shape index (κ1) is 44.4. The van der Waals surface area contributed by atoms with E-state index in [9.17, 15) is 19.2 Å². The summed E-state index contributed by atoms with van der Waals surface area (Å²) in [6, 6.07) is 11.2. The van der Waals surface area contributed by atoms with Crippen molar-refractivity contribution in [1.82, 2.24) is 5.32 Å². The molecular formula is C39H60N2O9. The molecule has 1 aliphatic rings. The molecule has 0 spiro atoms. The van der Waals surface area contributed by atoms with E-state index < -0.39 is 0 Å². The zero-order valence-electron chi connectivity index (χ0n) is 31.1. The minimum atomic E-state index is -0.373. The molecule has 11 nitrogen and oxygen atoms in total. The Morgan fingerprint density at radius 2 is 1.56 bits per heavy atom. The van der Waals surface area contributed by atoms with Crippen molar-refractivity contribution < 1.29 is 43.2 Å². The first-order chi connectivity index (χ1) is 24.2. The van der Waals surface area contributed by atoms with Gasteiger partial charge in [-0.1, -0.05) is 38.1 Å². The highest BCUT2D eigenvalue weighted by Crippen LogP contribution is 2.47. The molecule has 0 saturated heterocycles. The van der Waals surface area contributed by atoms with Gasteiger partial charge in [0.2, 0.25) is 11.8 Å². The minimum Gasteiger partial charge on any atom is -0.465 e. The first-order valence-corrected chi connectivity index (χ1v) is 17.9. The smallest absolute Gasteiger partial charge is 0.302 e. The second kappa shape index (κ2) is 27.1. The maximum absolute atomic E-state index is 12.6. The van der Waals surface area contributed by atoms with Gasteiger partial charge in [-0.15, -0.1) is 0 Å². The first-order valence-electron chi connectivity index (χ1n) is 17.9. The lowest BCUT2D eigenvalue weighted by molar-refractivity contribution is -0.141. The average molecular weight is 701 g/mol. The number of methoxy groups -OCH3 is 1. The van der Waals surface area contributed by atoms with Crippen LogP contribution < -0.4 is 10.6 Å². The lowest BCUT2D eigenvalue weighted by Gasteiger charge is -2.14. The molecule has 0 aromatic heterocycles. The molecule has 0 saturated carbocycles. The number of amides is 2. The third-order valence-electron chi connectivity index (χ3n) is 7.60. The number of benzene rings is 2. The second-order valence-electron chi connectivity index (χ2n) is 11.6. The minimum absolute atomic E-state index is 0.0513. The molecule has 0 aliphatic heterocycles. The van der Waals surface area contributed by atoms with Crippen LogP contribution in [0.4, 0.5) is 5.69 Å². The molecule has 3 rings (SSSR count). The van der Waals surface area contributed by atoms with Gasteiger partial charge in [0.15, 0.2) is 5.78 Å². The van der Waals surface area contributed by atoms with Crippen LogP contribution in [0.3, 0.4) is 0 Å². The van der Waals surface area contributed by atoms with E-state index in [4.69, 9.17) is 24.1 Å². The summed E-state index contributed by atoms with van der Waals surface area (Å²) < 4.78 is 20.4. The van der Waals surface area contributed by atoms with Crippen LogP contribution in [-0.4, -0.2) is 88.6 Å². The molecule has 0 radical (unpaired) electrons. The Labute approximate surface area is 298 Å². The summed E-state index contributed by atoms with van der Waals surface area (Å²) >= 11 is 0. The van der Waals surface area contributed by atoms with E-state index in [-0.39, 0.29) is 49.1 Å². The number of aliphatic hydroxyl groups excluding tert-OH is 1. The number of anilines is 1. The summed E-state index contributed by atoms with van der Waals surface area (Å²) in [5, 5.41) is 14.0. The van der Waals surface area contributed by atoms with E-state index in [0.29, 0.717) is 37.1 Å². The van der Waals surface area contributed by atoms with Crippen LogP contribution in [0.1, 0.15) is 113 Å². The molecule has 0 fully saturated rings. The van der Waals surface area contributed by atoms with Gasteiger partial charge in [-0.25, -0.2) is 0 Å². The summed E-state index contributed by atoms with van der Waals surface area (Å²) in [6.07, 6.45) is 5.33. The fourth-order valence-corrected chi connectivity index (χ4v) is 5.22. The van der Waals surface area contributed by atoms with E-state index in [1.165, 1.54) is 6.92 Å². The van der Waals surface area contributed by atoms with Crippen molar-refractivity contribution >= 4 is 29.3 Å². The molecule has 2 amide bonds. The van der Waals surface area contributed by atoms with Gasteiger partial charge in [-0.05, 0) is 80.3 Å². The number of aliphatic hydroxyl groups is 1. The van der Waals surface area contributed by atoms with E-state index in [2.05, 4.69) is 17.6 Å². The lowest BCUT2D eigenvalue weighted by Crippen LogP contribution is -2.22. The number of esters is 1. The van der Waals surface area contributed by atoms with Gasteiger partial charge >= 0.3 is 5.97 Å². The number of fused-ring (bicyclic) bond motifs is 3. The molecule has 280 valence electrons. The van der Waals surface area contributed by atoms with Gasteiger partial charge in [0, 0.05) is 96.7 Å². The van der Waals surface area contributed by atoms with Gasteiger partial charge in [0.1, 0.15) is 6.61 Å². The topological polar surface area (TPSA) is 149 Å². The fraction of sp³-hybridized carbons (Fsp3) is 0.590. The van der Waals surface area contributed by atoms with Crippen molar-refractivity contribution in [3.63, 3.8) is 0 Å². The monoisotopic (exact) mass is 700 g/mol. The number of unbranched alkanes of at least 4 members (excludes halogenated alkanes) is 1. The molecule has 3 N–H and O–H groups in total. The zero-order chi connectivity index (χ0) is 37.1. The molecule has 1 unspecified atom stereocenters. The Hall–Kier alpha value is -3.64. The van der Waals surface area contributed by atoms with Gasteiger partial charge in [-0.2, -0.15) is 0 Å². The SMILES string of the molecule is CCCOCCCCO.CCNC(=O)CCCC(=O)Nc1ccc2c(c1)C(COC(C)=O)c1cccc(C(=O)CC)c1-2.CCOCCCOC. The van der Waals surface area contributed by atoms with Crippen LogP contribution in [0.2, 0.25) is 0 Å². The van der Waals surface area contributed by atoms with Gasteiger partial charge < -0.3 is 34.7 Å². The van der Waals surface area contributed by atoms with Gasteiger partial charge in [-0.3, -0.25) is 19.2 Å². The van der Waals surface area contributed by atoms with Gasteiger partial charge in [0.05, 0.1) is 0 Å². The molecular weight excluding hydrogens is 640 g/mol. The van der Waals surface area contributed by atoms with Crippen LogP contribution >= 0.6 is 0 Å². The molecule has 0 bridgehead atoms. The Morgan fingerprint density at radius 3 is 2.20 bits per heavy atom. The number of hydrogen-bond acceptors (Lipinski definition) is 9. The van der Waals surface area contributed by atoms with E-state index in [0.717, 1.165) is 81.0 Å². The summed E-state index contributed by atoms with van der Waals surface area (Å²) in [7, 11) is 1.70. The predicted octanol–water partition coefficient (Wildman–Crippen LogP) is 6.44. The van der Waals surface area contributed by atoms with Crippen LogP contribution in [0, 0.1) is 0 Å². The molecule has 2 aromatic carbocycles. The predicted molar refractivity (Wildman–Crippen MR) is 197 cm³/mol. The number of Topliss-reactive ketones (excluding diaryl/α,β-unsaturated/α-hetero) is 1. The summed E-state index contributed by atoms with van der Waals surface area (Å²) in [4.78, 5) is 48.0. The van der Waals surface area contributed by atoms with E-state index >= 15 is 0 Å². The molecule has 50 heavy (non-hydrogen) atoms. The van der Waals surface area contributed by atoms with Crippen LogP contribution in [0.25, 0.3) is 11.1 Å². The maximum atomic E-state index is 12.6. The molecule has 1 aliphatic carbocycles. The van der Waals surface area contributed by atoms with Crippen molar-refractivity contribution in [2.24, 2.45) is 0 Å². The molecule has 0 heterocycles. The number of rotatable bonds is 21. The molecule has 2 aromatic rings. The van der Waals surface area contributed by atoms with E-state index in [1.54, 1.807) is 7.11 Å². The number of ketones is 1. The Balaban J connectivity index is 0.000000605. The highest BCUT2D eigenvalue weighted by atomic mass is 16.5. The van der Waals surface area contributed by atoms with Gasteiger partial charge in [0.25, 0.3) is 0 Å². The van der Waals surface area contributed by atoms with Crippen molar-refractivity contribution in [2.75, 3.05) is 65.2 Å². The average Bonchev–Trinajstić information content (AvgIpc) is 3.42. The third kappa shape index (κ3) is 16.8. The summed E-state index contributed by atoms with van der Waals surface area (Å²) in [5.74, 6) is -0.782. The molecule has 1 atom stereocenters. The summed E-state index contributed by atoms with van der Waals surface area (Å²) in [6.45, 7) is 14.2. The Bertz CT molecular complexity index is 1290. The van der Waals surface area contributed by atoms with Crippen molar-refractivity contribution in [3.05, 3.63) is 53.1 Å². The van der Waals surface area contributed by atoms with Crippen molar-refractivity contribution in [2.45, 2.75) is 91.9 Å². The summed E-state index contributed by atoms with van der Waals surface area (Å²) in [5.41, 5.74) is 4.91. The highest BCUT2D eigenvalue weighted by Gasteiger charge is 2.32. The largest absolute Gasteiger partial charge is 0.465 e. The normalized spacial score (nSPS) is 12.3. The highest BCUT2D eigenvalue weighted by molar-refractivity contribution is 6.05. The zero-order valence-corrected chi connectivity index (χ0v) is 31.1. The van der Waals surface area contributed by atoms with Crippen LogP contribution in [0.5, 0.6) is 0 Å². The third-order valence-corrected chi connectivity index (χ3v) is 7.60. The standard InChI is InChI=1S/C26H30N2O5.C7H16O2.C6H14O2/c1-4-23(30)20-9-6-8-18-22(15-33-16(3)29)21-14-17(12-13-19(21)26(18)20)28-25(32)11-7-10-24(31)27-5-2;1-2-6-9-7-4-3-5-8;1-3-8-6-4-5-7-2/h6,8-9,12-14,22H,4-5,7,10-11,15H2,1-3H3,(H,27,31)(H,28,32);8H,2-7H2,1H3;3-6H2,1-2H3. The Morgan fingerprint density at radius 1 is 0.820 bits per heavy atom. The quantitative estimate of drug-likeness (QED) is 0.0759. The van der Waals surface area contributed by atoms with Crippen molar-refractivity contribution in [1.29, 1.82) is 0 Å². The van der Waals surface area contributed by atoms with Crippen molar-refractivity contribution in [3.8, 4) is 11.1 Å². The number of carbonyl (C=O) groups excluding carboxylic acids is 4. The van der Waals surface area contributed by atoms with E-state index in [1.807, 2.05) is 57.2 Å².